The van der Waals surface area contributed by atoms with Gasteiger partial charge in [0.1, 0.15) is 0 Å². The number of thiazole rings is 1. The first-order valence-electron chi connectivity index (χ1n) is 4.52. The second kappa shape index (κ2) is 4.63. The standard InChI is InChI=1S/C11H8ClNO2S/c1-15-10(14)8-9(16-11(12)13-8)7-5-3-2-4-6-7/h2-6H,1H3. The van der Waals surface area contributed by atoms with Crippen LogP contribution >= 0.6 is 22.9 Å². The molecule has 0 aliphatic carbocycles. The molecule has 0 saturated carbocycles. The fraction of sp³-hybridized carbons (Fsp3) is 0.0909. The van der Waals surface area contributed by atoms with Crippen LogP contribution in [0.1, 0.15) is 10.5 Å². The van der Waals surface area contributed by atoms with Crippen LogP contribution in [-0.2, 0) is 4.74 Å². The van der Waals surface area contributed by atoms with E-state index in [1.807, 2.05) is 30.3 Å². The number of benzene rings is 1. The lowest BCUT2D eigenvalue weighted by molar-refractivity contribution is 0.0596. The second-order valence-corrected chi connectivity index (χ2v) is 4.58. The number of hydrogen-bond donors (Lipinski definition) is 0. The zero-order valence-corrected chi connectivity index (χ0v) is 10.0. The minimum atomic E-state index is -0.470. The van der Waals surface area contributed by atoms with Gasteiger partial charge in [-0.1, -0.05) is 41.9 Å². The summed E-state index contributed by atoms with van der Waals surface area (Å²) < 4.78 is 4.99. The highest BCUT2D eigenvalue weighted by Crippen LogP contribution is 2.32. The van der Waals surface area contributed by atoms with Gasteiger partial charge < -0.3 is 4.74 Å². The molecule has 1 aromatic heterocycles. The number of halogens is 1. The van der Waals surface area contributed by atoms with E-state index in [0.29, 0.717) is 4.47 Å². The van der Waals surface area contributed by atoms with E-state index in [1.54, 1.807) is 0 Å². The first-order chi connectivity index (χ1) is 7.72. The number of carbonyl (C=O) groups is 1. The molecule has 0 fully saturated rings. The molecule has 2 rings (SSSR count). The third-order valence-corrected chi connectivity index (χ3v) is 3.22. The van der Waals surface area contributed by atoms with Gasteiger partial charge >= 0.3 is 5.97 Å². The predicted molar refractivity (Wildman–Crippen MR) is 63.9 cm³/mol. The highest BCUT2D eigenvalue weighted by molar-refractivity contribution is 7.19. The van der Waals surface area contributed by atoms with Gasteiger partial charge in [-0.05, 0) is 5.56 Å². The van der Waals surface area contributed by atoms with Crippen LogP contribution in [0.2, 0.25) is 4.47 Å². The Bertz CT molecular complexity index is 510. The molecule has 1 aromatic carbocycles. The normalized spacial score (nSPS) is 10.1. The Kier molecular flexibility index (Phi) is 3.22. The summed E-state index contributed by atoms with van der Waals surface area (Å²) in [7, 11) is 1.32. The van der Waals surface area contributed by atoms with Gasteiger partial charge in [0.25, 0.3) is 0 Å². The van der Waals surface area contributed by atoms with Crippen molar-refractivity contribution in [3.05, 3.63) is 40.5 Å². The number of methoxy groups -OCH3 is 1. The molecule has 0 N–H and O–H groups in total. The first-order valence-corrected chi connectivity index (χ1v) is 5.72. The second-order valence-electron chi connectivity index (χ2n) is 3.00. The molecule has 2 aromatic rings. The maximum Gasteiger partial charge on any atom is 0.358 e. The molecule has 0 unspecified atom stereocenters. The average Bonchev–Trinajstić information content (AvgIpc) is 2.71. The summed E-state index contributed by atoms with van der Waals surface area (Å²) in [5.74, 6) is -0.470. The number of rotatable bonds is 2. The van der Waals surface area contributed by atoms with Gasteiger partial charge in [-0.25, -0.2) is 9.78 Å². The lowest BCUT2D eigenvalue weighted by Gasteiger charge is -1.99. The zero-order valence-electron chi connectivity index (χ0n) is 8.44. The van der Waals surface area contributed by atoms with Crippen LogP contribution in [0.4, 0.5) is 0 Å². The average molecular weight is 254 g/mol. The summed E-state index contributed by atoms with van der Waals surface area (Å²) in [6.45, 7) is 0. The van der Waals surface area contributed by atoms with Crippen molar-refractivity contribution in [3.63, 3.8) is 0 Å². The van der Waals surface area contributed by atoms with Crippen LogP contribution in [0.3, 0.4) is 0 Å². The molecule has 1 heterocycles. The Balaban J connectivity index is 2.53. The van der Waals surface area contributed by atoms with E-state index in [0.717, 1.165) is 10.4 Å². The Morgan fingerprint density at radius 3 is 2.69 bits per heavy atom. The van der Waals surface area contributed by atoms with Gasteiger partial charge in [-0.3, -0.25) is 0 Å². The van der Waals surface area contributed by atoms with Gasteiger partial charge in [0.15, 0.2) is 10.2 Å². The molecule has 82 valence electrons. The lowest BCUT2D eigenvalue weighted by atomic mass is 10.1. The minimum absolute atomic E-state index is 0.267. The van der Waals surface area contributed by atoms with E-state index in [1.165, 1.54) is 18.4 Å². The molecule has 0 saturated heterocycles. The Hall–Kier alpha value is -1.39. The number of hydrogen-bond acceptors (Lipinski definition) is 4. The fourth-order valence-corrected chi connectivity index (χ4v) is 2.42. The number of nitrogens with zero attached hydrogens (tertiary/aromatic N) is 1. The van der Waals surface area contributed by atoms with Crippen molar-refractivity contribution >= 4 is 28.9 Å². The third kappa shape index (κ3) is 2.08. The number of aromatic nitrogens is 1. The van der Waals surface area contributed by atoms with Crippen LogP contribution in [0, 0.1) is 0 Å². The quantitative estimate of drug-likeness (QED) is 0.772. The summed E-state index contributed by atoms with van der Waals surface area (Å²) in [4.78, 5) is 16.2. The van der Waals surface area contributed by atoms with Gasteiger partial charge in [-0.2, -0.15) is 0 Å². The van der Waals surface area contributed by atoms with E-state index in [4.69, 9.17) is 11.6 Å². The van der Waals surface area contributed by atoms with E-state index in [2.05, 4.69) is 9.72 Å². The van der Waals surface area contributed by atoms with E-state index < -0.39 is 5.97 Å². The summed E-state index contributed by atoms with van der Waals surface area (Å²) in [6.07, 6.45) is 0. The van der Waals surface area contributed by atoms with Crippen LogP contribution in [-0.4, -0.2) is 18.1 Å². The fourth-order valence-electron chi connectivity index (χ4n) is 1.31. The molecular formula is C11H8ClNO2S. The molecule has 0 bridgehead atoms. The predicted octanol–water partition coefficient (Wildman–Crippen LogP) is 3.25. The zero-order chi connectivity index (χ0) is 11.5. The van der Waals surface area contributed by atoms with Gasteiger partial charge in [0.05, 0.1) is 12.0 Å². The third-order valence-electron chi connectivity index (χ3n) is 2.02. The smallest absolute Gasteiger partial charge is 0.358 e. The number of ether oxygens (including phenoxy) is 1. The first kappa shape index (κ1) is 11.1. The molecule has 3 nitrogen and oxygen atoms in total. The summed E-state index contributed by atoms with van der Waals surface area (Å²) in [5, 5.41) is 0. The minimum Gasteiger partial charge on any atom is -0.464 e. The Morgan fingerprint density at radius 2 is 2.06 bits per heavy atom. The van der Waals surface area contributed by atoms with Crippen LogP contribution in [0.25, 0.3) is 10.4 Å². The van der Waals surface area contributed by atoms with Crippen molar-refractivity contribution in [2.24, 2.45) is 0 Å². The van der Waals surface area contributed by atoms with Crippen LogP contribution < -0.4 is 0 Å². The van der Waals surface area contributed by atoms with Crippen molar-refractivity contribution in [3.8, 4) is 10.4 Å². The largest absolute Gasteiger partial charge is 0.464 e. The molecule has 0 radical (unpaired) electrons. The monoisotopic (exact) mass is 253 g/mol. The maximum atomic E-state index is 11.5. The topological polar surface area (TPSA) is 39.2 Å². The number of esters is 1. The van der Waals surface area contributed by atoms with Crippen molar-refractivity contribution in [1.29, 1.82) is 0 Å². The van der Waals surface area contributed by atoms with Crippen molar-refractivity contribution < 1.29 is 9.53 Å². The summed E-state index contributed by atoms with van der Waals surface area (Å²) in [5.41, 5.74) is 1.18. The molecule has 0 aliphatic heterocycles. The molecule has 0 amide bonds. The molecule has 5 heteroatoms. The highest BCUT2D eigenvalue weighted by atomic mass is 35.5. The molecule has 16 heavy (non-hydrogen) atoms. The van der Waals surface area contributed by atoms with E-state index >= 15 is 0 Å². The summed E-state index contributed by atoms with van der Waals surface area (Å²) in [6, 6.07) is 9.49. The van der Waals surface area contributed by atoms with Crippen molar-refractivity contribution in [1.82, 2.24) is 4.98 Å². The molecule has 0 atom stereocenters. The molecular weight excluding hydrogens is 246 g/mol. The molecule has 0 spiro atoms. The van der Waals surface area contributed by atoms with Gasteiger partial charge in [0, 0.05) is 0 Å². The van der Waals surface area contributed by atoms with Crippen LogP contribution in [0.5, 0.6) is 0 Å². The Labute approximate surface area is 102 Å². The summed E-state index contributed by atoms with van der Waals surface area (Å²) >= 11 is 7.08. The maximum absolute atomic E-state index is 11.5. The Morgan fingerprint density at radius 1 is 1.38 bits per heavy atom. The van der Waals surface area contributed by atoms with Crippen molar-refractivity contribution in [2.45, 2.75) is 0 Å². The van der Waals surface area contributed by atoms with E-state index in [-0.39, 0.29) is 5.69 Å². The lowest BCUT2D eigenvalue weighted by Crippen LogP contribution is -2.02. The van der Waals surface area contributed by atoms with Crippen molar-refractivity contribution in [2.75, 3.05) is 7.11 Å². The molecule has 0 aliphatic rings. The number of carbonyl (C=O) groups excluding carboxylic acids is 1. The van der Waals surface area contributed by atoms with Gasteiger partial charge in [0.2, 0.25) is 0 Å². The van der Waals surface area contributed by atoms with Gasteiger partial charge in [-0.15, -0.1) is 11.3 Å². The van der Waals surface area contributed by atoms with E-state index in [9.17, 15) is 4.79 Å². The van der Waals surface area contributed by atoms with Crippen LogP contribution in [0.15, 0.2) is 30.3 Å². The SMILES string of the molecule is COC(=O)c1nc(Cl)sc1-c1ccccc1. The highest BCUT2D eigenvalue weighted by Gasteiger charge is 2.19.